The van der Waals surface area contributed by atoms with Gasteiger partial charge >= 0.3 is 199 Å². The van der Waals surface area contributed by atoms with Crippen LogP contribution in [-0.2, 0) is 6.54 Å². The summed E-state index contributed by atoms with van der Waals surface area (Å²) in [5.74, 6) is -1.30. The van der Waals surface area contributed by atoms with E-state index in [0.29, 0.717) is 5.56 Å². The molecule has 1 aromatic heterocycles. The Kier molecular flexibility index (Phi) is 6.66. The van der Waals surface area contributed by atoms with Gasteiger partial charge in [-0.25, -0.2) is 0 Å². The fourth-order valence-corrected chi connectivity index (χ4v) is 3.85. The number of aliphatic hydroxyl groups excluding tert-OH is 1. The fraction of sp³-hybridized carbons (Fsp3) is 0.261. The van der Waals surface area contributed by atoms with Crippen LogP contribution in [0.5, 0.6) is 5.75 Å². The predicted octanol–water partition coefficient (Wildman–Crippen LogP) is 3.17. The van der Waals surface area contributed by atoms with Gasteiger partial charge in [0.15, 0.2) is 0 Å². The van der Waals surface area contributed by atoms with Crippen LogP contribution in [0.3, 0.4) is 0 Å². The number of carbonyl (C=O) groups is 1. The van der Waals surface area contributed by atoms with Crippen LogP contribution in [0.15, 0.2) is 48.5 Å². The van der Waals surface area contributed by atoms with E-state index in [4.69, 9.17) is 7.49 Å². The number of aliphatic hydroxyl groups is 1. The Balaban J connectivity index is 1.91. The topological polar surface area (TPSA) is 70.8 Å². The normalized spacial score (nSPS) is 13.9. The van der Waals surface area contributed by atoms with Crippen LogP contribution in [0, 0.1) is 5.82 Å². The summed E-state index contributed by atoms with van der Waals surface area (Å²) in [7, 11) is 7.72. The quantitative estimate of drug-likeness (QED) is 0.410. The third-order valence-electron chi connectivity index (χ3n) is 5.48. The Bertz CT molecular complexity index is 1260. The summed E-state index contributed by atoms with van der Waals surface area (Å²) in [6.45, 7) is -0.0444. The Hall–Kier alpha value is -3.67. The molecule has 0 saturated heterocycles. The number of carbonyl (C=O) groups excluding carboxylic acids is 1. The molecular weight excluding hydrogens is 467 g/mol. The van der Waals surface area contributed by atoms with E-state index in [-0.39, 0.29) is 54.7 Å². The molecule has 12 heteroatoms. The number of ether oxygens (including phenoxy) is 1. The van der Waals surface area contributed by atoms with E-state index >= 15 is 0 Å². The van der Waals surface area contributed by atoms with E-state index in [0.717, 1.165) is 6.07 Å². The number of amides is 1. The van der Waals surface area contributed by atoms with Gasteiger partial charge in [0.1, 0.15) is 0 Å². The molecule has 0 spiro atoms. The predicted molar refractivity (Wildman–Crippen MR) is 122 cm³/mol. The minimum absolute atomic E-state index is 0.00279. The third kappa shape index (κ3) is 4.92. The van der Waals surface area contributed by atoms with Crippen LogP contribution in [0.1, 0.15) is 22.5 Å². The molecule has 2 heterocycles. The van der Waals surface area contributed by atoms with Crippen molar-refractivity contribution in [3.8, 4) is 17.1 Å². The Morgan fingerprint density at radius 2 is 1.80 bits per heavy atom. The number of hydrogen-bond donors (Lipinski definition) is 1. The summed E-state index contributed by atoms with van der Waals surface area (Å²) in [5.41, 5.74) is 0.736. The number of halogens is 4. The summed E-state index contributed by atoms with van der Waals surface area (Å²) in [6.07, 6.45) is -4.69. The second-order valence-corrected chi connectivity index (χ2v) is 7.82. The van der Waals surface area contributed by atoms with Gasteiger partial charge in [-0.2, -0.15) is 0 Å². The third-order valence-corrected chi connectivity index (χ3v) is 5.48. The molecular formula is C23H20BF4N4O3. The summed E-state index contributed by atoms with van der Waals surface area (Å²) in [6, 6.07) is 11.0. The van der Waals surface area contributed by atoms with Crippen molar-refractivity contribution in [1.29, 1.82) is 0 Å². The van der Waals surface area contributed by atoms with Crippen molar-refractivity contribution in [2.45, 2.75) is 19.3 Å². The monoisotopic (exact) mass is 487 g/mol. The molecule has 2 aromatic carbocycles. The molecule has 3 aromatic rings. The van der Waals surface area contributed by atoms with Crippen LogP contribution in [-0.4, -0.2) is 65.2 Å². The SMILES string of the molecule is [B]=C1N(CCCO)C(=O)c2c(nc(-c3ccccc3OC(F)(F)F)n2Cc2ccc(F)cc2)N1C. The van der Waals surface area contributed by atoms with E-state index in [2.05, 4.69) is 9.72 Å². The number of alkyl halides is 3. The van der Waals surface area contributed by atoms with Crippen LogP contribution in [0.25, 0.3) is 11.4 Å². The summed E-state index contributed by atoms with van der Waals surface area (Å²) >= 11 is 0. The van der Waals surface area contributed by atoms with Gasteiger partial charge in [0, 0.05) is 0 Å². The summed E-state index contributed by atoms with van der Waals surface area (Å²) in [5, 5.41) is 9.22. The van der Waals surface area contributed by atoms with Crippen LogP contribution in [0.2, 0.25) is 0 Å². The van der Waals surface area contributed by atoms with Gasteiger partial charge in [0.25, 0.3) is 0 Å². The van der Waals surface area contributed by atoms with Gasteiger partial charge in [-0.05, 0) is 0 Å². The Labute approximate surface area is 199 Å². The van der Waals surface area contributed by atoms with Crippen molar-refractivity contribution in [2.75, 3.05) is 25.1 Å². The maximum atomic E-state index is 13.5. The number of para-hydroxylation sites is 1. The number of aromatic nitrogens is 2. The van der Waals surface area contributed by atoms with Gasteiger partial charge in [0.2, 0.25) is 0 Å². The van der Waals surface area contributed by atoms with Gasteiger partial charge in [0.05, 0.1) is 0 Å². The van der Waals surface area contributed by atoms with Crippen molar-refractivity contribution in [2.24, 2.45) is 0 Å². The molecule has 0 atom stereocenters. The Morgan fingerprint density at radius 3 is 2.46 bits per heavy atom. The van der Waals surface area contributed by atoms with Crippen molar-refractivity contribution in [1.82, 2.24) is 14.5 Å². The Morgan fingerprint density at radius 1 is 1.11 bits per heavy atom. The van der Waals surface area contributed by atoms with Crippen molar-refractivity contribution < 1.29 is 32.2 Å². The first-order valence-electron chi connectivity index (χ1n) is 10.6. The minimum atomic E-state index is -4.95. The van der Waals surface area contributed by atoms with E-state index < -0.39 is 23.8 Å². The fourth-order valence-electron chi connectivity index (χ4n) is 3.85. The molecule has 1 N–H and O–H groups in total. The summed E-state index contributed by atoms with van der Waals surface area (Å²) in [4.78, 5) is 20.7. The number of hydrogen-bond acceptors (Lipinski definition) is 5. The summed E-state index contributed by atoms with van der Waals surface area (Å²) < 4.78 is 58.4. The molecule has 181 valence electrons. The molecule has 1 amide bonds. The first kappa shape index (κ1) is 24.5. The second-order valence-electron chi connectivity index (χ2n) is 7.82. The number of fused-ring (bicyclic) bond motifs is 1. The first-order chi connectivity index (χ1) is 16.6. The van der Waals surface area contributed by atoms with Crippen molar-refractivity contribution in [3.05, 3.63) is 65.6 Å². The van der Waals surface area contributed by atoms with Gasteiger partial charge in [-0.3, -0.25) is 0 Å². The number of benzene rings is 2. The van der Waals surface area contributed by atoms with Gasteiger partial charge < -0.3 is 0 Å². The molecule has 0 bridgehead atoms. The zero-order valence-electron chi connectivity index (χ0n) is 18.6. The number of anilines is 1. The van der Waals surface area contributed by atoms with Gasteiger partial charge in [-0.15, -0.1) is 0 Å². The number of rotatable bonds is 7. The van der Waals surface area contributed by atoms with E-state index in [1.807, 2.05) is 0 Å². The molecule has 0 fully saturated rings. The van der Waals surface area contributed by atoms with Crippen LogP contribution in [0.4, 0.5) is 23.4 Å². The second kappa shape index (κ2) is 9.53. The van der Waals surface area contributed by atoms with Gasteiger partial charge in [-0.1, -0.05) is 0 Å². The standard InChI is InChI=1S/C23H20BF4N4O3/c1-30-20-18(21(34)31(22(30)24)11-4-12-33)32(13-14-7-9-15(25)10-8-14)19(29-20)16-5-2-3-6-17(16)35-23(26,27)28/h2-3,5-10,33H,4,11-13H2,1H3. The molecule has 7 nitrogen and oxygen atoms in total. The average Bonchev–Trinajstić information content (AvgIpc) is 3.17. The molecule has 1 radical (unpaired) electrons. The van der Waals surface area contributed by atoms with E-state index in [9.17, 15) is 27.5 Å². The molecule has 1 aliphatic heterocycles. The molecule has 0 aliphatic carbocycles. The molecule has 1 aliphatic rings. The average molecular weight is 487 g/mol. The molecule has 0 unspecified atom stereocenters. The van der Waals surface area contributed by atoms with Crippen LogP contribution < -0.4 is 9.64 Å². The van der Waals surface area contributed by atoms with Crippen molar-refractivity contribution >= 4 is 24.9 Å². The number of nitrogens with zero attached hydrogens (tertiary/aromatic N) is 4. The zero-order chi connectivity index (χ0) is 25.3. The van der Waals surface area contributed by atoms with E-state index in [1.54, 1.807) is 7.05 Å². The molecule has 0 saturated carbocycles. The maximum absolute atomic E-state index is 13.5. The van der Waals surface area contributed by atoms with Crippen molar-refractivity contribution in [3.63, 3.8) is 0 Å². The zero-order valence-corrected chi connectivity index (χ0v) is 18.6. The number of imidazole rings is 1. The molecule has 35 heavy (non-hydrogen) atoms. The first-order valence-corrected chi connectivity index (χ1v) is 10.6. The van der Waals surface area contributed by atoms with E-state index in [1.165, 1.54) is 56.8 Å². The van der Waals surface area contributed by atoms with Crippen LogP contribution >= 0.6 is 0 Å². The molecule has 4 rings (SSSR count).